The van der Waals surface area contributed by atoms with E-state index in [2.05, 4.69) is 29.4 Å². The van der Waals surface area contributed by atoms with Gasteiger partial charge in [-0.05, 0) is 44.2 Å². The van der Waals surface area contributed by atoms with Gasteiger partial charge in [-0.3, -0.25) is 9.36 Å². The zero-order valence-corrected chi connectivity index (χ0v) is 19.1. The van der Waals surface area contributed by atoms with Crippen molar-refractivity contribution in [2.24, 2.45) is 0 Å². The van der Waals surface area contributed by atoms with Crippen molar-refractivity contribution in [3.63, 3.8) is 0 Å². The molecule has 0 spiro atoms. The molecule has 0 saturated heterocycles. The molecule has 1 aliphatic rings. The quantitative estimate of drug-likeness (QED) is 0.529. The van der Waals surface area contributed by atoms with Crippen LogP contribution < -0.4 is 19.5 Å². The molecule has 0 atom stereocenters. The maximum Gasteiger partial charge on any atom is 0.234 e. The van der Waals surface area contributed by atoms with Crippen LogP contribution in [0.1, 0.15) is 26.3 Å². The molecule has 168 valence electrons. The molecule has 1 aromatic heterocycles. The van der Waals surface area contributed by atoms with E-state index in [1.807, 2.05) is 34.9 Å². The number of hydrogen-bond acceptors (Lipinski definition) is 7. The number of fused-ring (bicyclic) bond motifs is 1. The van der Waals surface area contributed by atoms with E-state index in [1.165, 1.54) is 11.8 Å². The maximum atomic E-state index is 12.5. The summed E-state index contributed by atoms with van der Waals surface area (Å²) in [5.41, 5.74) is 1.53. The van der Waals surface area contributed by atoms with Crippen molar-refractivity contribution >= 4 is 23.4 Å². The molecule has 4 rings (SSSR count). The van der Waals surface area contributed by atoms with Gasteiger partial charge in [0.25, 0.3) is 0 Å². The van der Waals surface area contributed by atoms with Gasteiger partial charge < -0.3 is 19.5 Å². The molecule has 0 saturated carbocycles. The van der Waals surface area contributed by atoms with E-state index in [0.717, 1.165) is 23.6 Å². The number of carbonyl (C=O) groups excluding carboxylic acids is 1. The summed E-state index contributed by atoms with van der Waals surface area (Å²) in [7, 11) is 1.58. The molecule has 32 heavy (non-hydrogen) atoms. The smallest absolute Gasteiger partial charge is 0.234 e. The first-order valence-electron chi connectivity index (χ1n) is 10.5. The first-order chi connectivity index (χ1) is 15.6. The summed E-state index contributed by atoms with van der Waals surface area (Å²) in [4.78, 5) is 12.5. The highest BCUT2D eigenvalue weighted by molar-refractivity contribution is 7.99. The van der Waals surface area contributed by atoms with Gasteiger partial charge in [0.2, 0.25) is 5.91 Å². The minimum Gasteiger partial charge on any atom is -0.495 e. The van der Waals surface area contributed by atoms with Crippen LogP contribution in [-0.2, 0) is 4.79 Å². The Labute approximate surface area is 191 Å². The van der Waals surface area contributed by atoms with E-state index in [-0.39, 0.29) is 17.7 Å². The van der Waals surface area contributed by atoms with Crippen LogP contribution in [0.25, 0.3) is 11.4 Å². The molecule has 0 aliphatic carbocycles. The van der Waals surface area contributed by atoms with Crippen molar-refractivity contribution < 1.29 is 19.0 Å². The molecule has 0 fully saturated rings. The number of aromatic nitrogens is 3. The number of para-hydroxylation sites is 2. The number of ether oxygens (including phenoxy) is 3. The minimum atomic E-state index is -0.144. The number of rotatable bonds is 7. The number of methoxy groups -OCH3 is 1. The average Bonchev–Trinajstić information content (AvgIpc) is 3.09. The number of benzene rings is 2. The summed E-state index contributed by atoms with van der Waals surface area (Å²) in [6.45, 7) is 5.39. The van der Waals surface area contributed by atoms with Gasteiger partial charge in [-0.1, -0.05) is 23.9 Å². The van der Waals surface area contributed by atoms with Crippen LogP contribution in [0.15, 0.2) is 47.6 Å². The van der Waals surface area contributed by atoms with Crippen molar-refractivity contribution in [1.29, 1.82) is 0 Å². The predicted octanol–water partition coefficient (Wildman–Crippen LogP) is 4.43. The molecule has 1 aliphatic heterocycles. The second-order valence-electron chi connectivity index (χ2n) is 7.52. The molecule has 1 N–H and O–H groups in total. The molecule has 0 radical (unpaired) electrons. The summed E-state index contributed by atoms with van der Waals surface area (Å²) in [5.74, 6) is 2.85. The lowest BCUT2D eigenvalue weighted by atomic mass is 10.2. The molecule has 2 heterocycles. The summed E-state index contributed by atoms with van der Waals surface area (Å²) >= 11 is 1.34. The zero-order chi connectivity index (χ0) is 22.5. The van der Waals surface area contributed by atoms with Gasteiger partial charge in [-0.25, -0.2) is 0 Å². The van der Waals surface area contributed by atoms with Gasteiger partial charge in [0.1, 0.15) is 5.75 Å². The Bertz CT molecular complexity index is 1100. The van der Waals surface area contributed by atoms with Gasteiger partial charge in [0.05, 0.1) is 31.8 Å². The fraction of sp³-hybridized carbons (Fsp3) is 0.348. The van der Waals surface area contributed by atoms with Crippen LogP contribution in [0.4, 0.5) is 5.69 Å². The molecule has 8 nitrogen and oxygen atoms in total. The zero-order valence-electron chi connectivity index (χ0n) is 18.3. The summed E-state index contributed by atoms with van der Waals surface area (Å²) in [6, 6.07) is 13.2. The Kier molecular flexibility index (Phi) is 6.84. The monoisotopic (exact) mass is 454 g/mol. The normalized spacial score (nSPS) is 13.0. The Morgan fingerprint density at radius 1 is 1.16 bits per heavy atom. The fourth-order valence-corrected chi connectivity index (χ4v) is 4.27. The lowest BCUT2D eigenvalue weighted by molar-refractivity contribution is -0.113. The average molecular weight is 455 g/mol. The fourth-order valence-electron chi connectivity index (χ4n) is 3.40. The van der Waals surface area contributed by atoms with Crippen LogP contribution in [0, 0.1) is 0 Å². The van der Waals surface area contributed by atoms with E-state index in [4.69, 9.17) is 14.2 Å². The number of thioether (sulfide) groups is 1. The van der Waals surface area contributed by atoms with Crippen LogP contribution in [0.2, 0.25) is 0 Å². The van der Waals surface area contributed by atoms with Crippen molar-refractivity contribution in [2.75, 3.05) is 31.4 Å². The van der Waals surface area contributed by atoms with Crippen LogP contribution >= 0.6 is 11.8 Å². The van der Waals surface area contributed by atoms with Crippen molar-refractivity contribution in [1.82, 2.24) is 14.8 Å². The van der Waals surface area contributed by atoms with E-state index in [9.17, 15) is 4.79 Å². The molecule has 9 heteroatoms. The predicted molar refractivity (Wildman–Crippen MR) is 124 cm³/mol. The highest BCUT2D eigenvalue weighted by atomic mass is 32.2. The lowest BCUT2D eigenvalue weighted by Crippen LogP contribution is -2.15. The van der Waals surface area contributed by atoms with E-state index < -0.39 is 0 Å². The van der Waals surface area contributed by atoms with Gasteiger partial charge in [0.15, 0.2) is 22.5 Å². The molecular weight excluding hydrogens is 428 g/mol. The van der Waals surface area contributed by atoms with E-state index in [1.54, 1.807) is 19.2 Å². The number of nitrogens with one attached hydrogen (secondary N) is 1. The first kappa shape index (κ1) is 22.0. The van der Waals surface area contributed by atoms with Gasteiger partial charge in [-0.2, -0.15) is 0 Å². The van der Waals surface area contributed by atoms with Crippen molar-refractivity contribution in [2.45, 2.75) is 31.5 Å². The third kappa shape index (κ3) is 4.83. The number of amides is 1. The second-order valence-corrected chi connectivity index (χ2v) is 8.46. The number of hydrogen-bond donors (Lipinski definition) is 1. The molecule has 0 unspecified atom stereocenters. The molecular formula is C23H26N4O4S. The molecule has 0 bridgehead atoms. The van der Waals surface area contributed by atoms with Gasteiger partial charge in [0, 0.05) is 18.0 Å². The second kappa shape index (κ2) is 9.95. The SMILES string of the molecule is COc1ccccc1NC(=O)CSc1nnc(-c2ccc3c(c2)OCCCO3)n1C(C)C. The molecule has 3 aromatic rings. The Morgan fingerprint density at radius 2 is 1.94 bits per heavy atom. The third-order valence-electron chi connectivity index (χ3n) is 4.90. The highest BCUT2D eigenvalue weighted by Gasteiger charge is 2.20. The Morgan fingerprint density at radius 3 is 2.72 bits per heavy atom. The first-order valence-corrected chi connectivity index (χ1v) is 11.5. The largest absolute Gasteiger partial charge is 0.495 e. The summed E-state index contributed by atoms with van der Waals surface area (Å²) in [6.07, 6.45) is 0.851. The van der Waals surface area contributed by atoms with Crippen molar-refractivity contribution in [3.8, 4) is 28.6 Å². The van der Waals surface area contributed by atoms with Crippen LogP contribution in [0.3, 0.4) is 0 Å². The number of nitrogens with zero attached hydrogens (tertiary/aromatic N) is 3. The van der Waals surface area contributed by atoms with E-state index in [0.29, 0.717) is 35.6 Å². The van der Waals surface area contributed by atoms with Crippen molar-refractivity contribution in [3.05, 3.63) is 42.5 Å². The van der Waals surface area contributed by atoms with Crippen LogP contribution in [0.5, 0.6) is 17.2 Å². The third-order valence-corrected chi connectivity index (χ3v) is 5.84. The topological polar surface area (TPSA) is 87.5 Å². The molecule has 2 aromatic carbocycles. The standard InChI is InChI=1S/C23H26N4O4S/c1-15(2)27-22(16-9-10-19-20(13-16)31-12-6-11-30-19)25-26-23(27)32-14-21(28)24-17-7-4-5-8-18(17)29-3/h4-5,7-10,13,15H,6,11-12,14H2,1-3H3,(H,24,28). The van der Waals surface area contributed by atoms with Gasteiger partial charge >= 0.3 is 0 Å². The highest BCUT2D eigenvalue weighted by Crippen LogP contribution is 2.35. The number of carbonyl (C=O) groups is 1. The van der Waals surface area contributed by atoms with Gasteiger partial charge in [-0.15, -0.1) is 10.2 Å². The number of anilines is 1. The summed E-state index contributed by atoms with van der Waals surface area (Å²) < 4.78 is 18.9. The summed E-state index contributed by atoms with van der Waals surface area (Å²) in [5, 5.41) is 12.3. The lowest BCUT2D eigenvalue weighted by Gasteiger charge is -2.15. The Hall–Kier alpha value is -3.20. The van der Waals surface area contributed by atoms with E-state index >= 15 is 0 Å². The van der Waals surface area contributed by atoms with Crippen LogP contribution in [-0.4, -0.2) is 46.7 Å². The molecule has 1 amide bonds. The Balaban J connectivity index is 1.51. The maximum absolute atomic E-state index is 12.5. The minimum absolute atomic E-state index is 0.107.